The third-order valence-electron chi connectivity index (χ3n) is 2.46. The van der Waals surface area contributed by atoms with Crippen LogP contribution in [-0.2, 0) is 16.0 Å². The molecule has 0 aliphatic heterocycles. The normalized spacial score (nSPS) is 11.0. The molecule has 1 rings (SSSR count). The minimum Gasteiger partial charge on any atom is -0.347 e. The fraction of sp³-hybridized carbons (Fsp3) is 0.385. The highest BCUT2D eigenvalue weighted by Gasteiger charge is 2.27. The Balaban J connectivity index is 2.23. The van der Waals surface area contributed by atoms with E-state index in [0.29, 0.717) is 5.56 Å². The van der Waals surface area contributed by atoms with E-state index in [1.807, 2.05) is 0 Å². The maximum atomic E-state index is 12.9. The molecule has 116 valence electrons. The molecule has 0 heterocycles. The minimum atomic E-state index is -4.49. The standard InChI is InChI=1S/C13H14F4N2O2/c14-10-3-1-2-9(6-10)4-5-11(20)18-7-12(21)19-8-13(15,16)17/h1-3,6H,4-5,7-8H2,(H,18,20)(H,19,21). The van der Waals surface area contributed by atoms with Gasteiger partial charge < -0.3 is 10.6 Å². The molecule has 8 heteroatoms. The third-order valence-corrected chi connectivity index (χ3v) is 2.46. The molecule has 0 saturated heterocycles. The number of hydrogen-bond acceptors (Lipinski definition) is 2. The Morgan fingerprint density at radius 3 is 2.43 bits per heavy atom. The van der Waals surface area contributed by atoms with Crippen molar-refractivity contribution in [1.82, 2.24) is 10.6 Å². The summed E-state index contributed by atoms with van der Waals surface area (Å²) in [6, 6.07) is 5.71. The molecular formula is C13H14F4N2O2. The highest BCUT2D eigenvalue weighted by Crippen LogP contribution is 2.11. The van der Waals surface area contributed by atoms with Gasteiger partial charge in [0, 0.05) is 6.42 Å². The molecule has 0 aliphatic carbocycles. The van der Waals surface area contributed by atoms with Crippen molar-refractivity contribution in [2.45, 2.75) is 19.0 Å². The van der Waals surface area contributed by atoms with Crippen molar-refractivity contribution < 1.29 is 27.2 Å². The lowest BCUT2D eigenvalue weighted by atomic mass is 10.1. The number of rotatable bonds is 6. The zero-order valence-electron chi connectivity index (χ0n) is 11.0. The van der Waals surface area contributed by atoms with Crippen LogP contribution >= 0.6 is 0 Å². The van der Waals surface area contributed by atoms with Crippen molar-refractivity contribution in [3.63, 3.8) is 0 Å². The lowest BCUT2D eigenvalue weighted by Crippen LogP contribution is -2.40. The number of halogens is 4. The van der Waals surface area contributed by atoms with Gasteiger partial charge in [-0.2, -0.15) is 13.2 Å². The van der Waals surface area contributed by atoms with Crippen molar-refractivity contribution in [2.24, 2.45) is 0 Å². The van der Waals surface area contributed by atoms with Crippen molar-refractivity contribution >= 4 is 11.8 Å². The Bertz CT molecular complexity index is 503. The topological polar surface area (TPSA) is 58.2 Å². The van der Waals surface area contributed by atoms with Crippen LogP contribution in [0.25, 0.3) is 0 Å². The molecule has 0 spiro atoms. The van der Waals surface area contributed by atoms with E-state index in [2.05, 4.69) is 5.32 Å². The van der Waals surface area contributed by atoms with Crippen LogP contribution in [-0.4, -0.2) is 31.1 Å². The smallest absolute Gasteiger partial charge is 0.347 e. The van der Waals surface area contributed by atoms with E-state index in [4.69, 9.17) is 0 Å². The van der Waals surface area contributed by atoms with Gasteiger partial charge in [0.1, 0.15) is 12.4 Å². The fourth-order valence-corrected chi connectivity index (χ4v) is 1.48. The molecule has 0 saturated carbocycles. The number of amides is 2. The Hall–Kier alpha value is -2.12. The van der Waals surface area contributed by atoms with Gasteiger partial charge in [0.05, 0.1) is 6.54 Å². The van der Waals surface area contributed by atoms with Gasteiger partial charge in [0.2, 0.25) is 11.8 Å². The van der Waals surface area contributed by atoms with Crippen molar-refractivity contribution in [3.8, 4) is 0 Å². The quantitative estimate of drug-likeness (QED) is 0.784. The van der Waals surface area contributed by atoms with Gasteiger partial charge in [-0.25, -0.2) is 4.39 Å². The summed E-state index contributed by atoms with van der Waals surface area (Å²) >= 11 is 0. The zero-order valence-corrected chi connectivity index (χ0v) is 11.0. The average molecular weight is 306 g/mol. The van der Waals surface area contributed by atoms with Gasteiger partial charge in [-0.3, -0.25) is 9.59 Å². The number of hydrogen-bond donors (Lipinski definition) is 2. The molecule has 0 bridgehead atoms. The Morgan fingerprint density at radius 2 is 1.81 bits per heavy atom. The molecule has 4 nitrogen and oxygen atoms in total. The van der Waals surface area contributed by atoms with E-state index in [-0.39, 0.29) is 12.8 Å². The summed E-state index contributed by atoms with van der Waals surface area (Å²) in [5.74, 6) is -1.84. The SMILES string of the molecule is O=C(CCc1cccc(F)c1)NCC(=O)NCC(F)(F)F. The number of carbonyl (C=O) groups is 2. The lowest BCUT2D eigenvalue weighted by Gasteiger charge is -2.09. The highest BCUT2D eigenvalue weighted by atomic mass is 19.4. The fourth-order valence-electron chi connectivity index (χ4n) is 1.48. The van der Waals surface area contributed by atoms with Gasteiger partial charge in [-0.05, 0) is 24.1 Å². The monoisotopic (exact) mass is 306 g/mol. The van der Waals surface area contributed by atoms with Crippen molar-refractivity contribution in [1.29, 1.82) is 0 Å². The maximum absolute atomic E-state index is 12.9. The summed E-state index contributed by atoms with van der Waals surface area (Å²) in [4.78, 5) is 22.4. The lowest BCUT2D eigenvalue weighted by molar-refractivity contribution is -0.138. The maximum Gasteiger partial charge on any atom is 0.405 e. The summed E-state index contributed by atoms with van der Waals surface area (Å²) < 4.78 is 48.4. The molecule has 0 aromatic heterocycles. The van der Waals surface area contributed by atoms with E-state index in [0.717, 1.165) is 0 Å². The van der Waals surface area contributed by atoms with Crippen LogP contribution in [0, 0.1) is 5.82 Å². The van der Waals surface area contributed by atoms with Gasteiger partial charge >= 0.3 is 6.18 Å². The number of nitrogens with one attached hydrogen (secondary N) is 2. The first-order chi connectivity index (χ1) is 9.76. The van der Waals surface area contributed by atoms with Crippen molar-refractivity contribution in [2.75, 3.05) is 13.1 Å². The molecule has 0 fully saturated rings. The highest BCUT2D eigenvalue weighted by molar-refractivity contribution is 5.84. The van der Waals surface area contributed by atoms with Crippen LogP contribution in [0.4, 0.5) is 17.6 Å². The molecule has 0 atom stereocenters. The van der Waals surface area contributed by atoms with Crippen molar-refractivity contribution in [3.05, 3.63) is 35.6 Å². The molecule has 0 aliphatic rings. The molecule has 0 radical (unpaired) electrons. The first kappa shape index (κ1) is 16.9. The van der Waals surface area contributed by atoms with Crippen LogP contribution < -0.4 is 10.6 Å². The predicted octanol–water partition coefficient (Wildman–Crippen LogP) is 1.55. The van der Waals surface area contributed by atoms with Gasteiger partial charge in [-0.1, -0.05) is 12.1 Å². The molecule has 1 aromatic carbocycles. The average Bonchev–Trinajstić information content (AvgIpc) is 2.40. The van der Waals surface area contributed by atoms with Crippen LogP contribution in [0.1, 0.15) is 12.0 Å². The molecule has 1 aromatic rings. The summed E-state index contributed by atoms with van der Waals surface area (Å²) in [7, 11) is 0. The molecule has 2 N–H and O–H groups in total. The Morgan fingerprint density at radius 1 is 1.10 bits per heavy atom. The summed E-state index contributed by atoms with van der Waals surface area (Å²) in [6.07, 6.45) is -4.21. The van der Waals surface area contributed by atoms with E-state index < -0.39 is 36.9 Å². The minimum absolute atomic E-state index is 0.00992. The second-order valence-electron chi connectivity index (χ2n) is 4.30. The largest absolute Gasteiger partial charge is 0.405 e. The summed E-state index contributed by atoms with van der Waals surface area (Å²) in [6.45, 7) is -1.97. The first-order valence-electron chi connectivity index (χ1n) is 6.11. The van der Waals surface area contributed by atoms with Gasteiger partial charge in [-0.15, -0.1) is 0 Å². The van der Waals surface area contributed by atoms with Crippen LogP contribution in [0.2, 0.25) is 0 Å². The molecular weight excluding hydrogens is 292 g/mol. The predicted molar refractivity (Wildman–Crippen MR) is 66.8 cm³/mol. The number of alkyl halides is 3. The molecule has 0 unspecified atom stereocenters. The zero-order chi connectivity index (χ0) is 15.9. The number of carbonyl (C=O) groups excluding carboxylic acids is 2. The second kappa shape index (κ2) is 7.61. The van der Waals surface area contributed by atoms with E-state index in [1.165, 1.54) is 18.2 Å². The van der Waals surface area contributed by atoms with E-state index >= 15 is 0 Å². The van der Waals surface area contributed by atoms with Crippen LogP contribution in [0.15, 0.2) is 24.3 Å². The molecule has 2 amide bonds. The first-order valence-corrected chi connectivity index (χ1v) is 6.11. The van der Waals surface area contributed by atoms with Gasteiger partial charge in [0.15, 0.2) is 0 Å². The van der Waals surface area contributed by atoms with E-state index in [1.54, 1.807) is 11.4 Å². The van der Waals surface area contributed by atoms with E-state index in [9.17, 15) is 27.2 Å². The third kappa shape index (κ3) is 7.91. The van der Waals surface area contributed by atoms with Gasteiger partial charge in [0.25, 0.3) is 0 Å². The summed E-state index contributed by atoms with van der Waals surface area (Å²) in [5, 5.41) is 3.82. The van der Waals surface area contributed by atoms with Crippen LogP contribution in [0.5, 0.6) is 0 Å². The second-order valence-corrected chi connectivity index (χ2v) is 4.30. The Kier molecular flexibility index (Phi) is 6.13. The Labute approximate surface area is 118 Å². The molecule has 21 heavy (non-hydrogen) atoms. The number of aryl methyl sites for hydroxylation is 1. The van der Waals surface area contributed by atoms with Crippen LogP contribution in [0.3, 0.4) is 0 Å². The number of benzene rings is 1. The summed E-state index contributed by atoms with van der Waals surface area (Å²) in [5.41, 5.74) is 0.617.